The maximum atomic E-state index is 10.4. The molecule has 3 rings (SSSR count). The molecule has 0 radical (unpaired) electrons. The Morgan fingerprint density at radius 3 is 2.06 bits per heavy atom. The number of halogens is 1. The van der Waals surface area contributed by atoms with Gasteiger partial charge in [-0.3, -0.25) is 0 Å². The van der Waals surface area contributed by atoms with Crippen LogP contribution < -0.4 is 0 Å². The quantitative estimate of drug-likeness (QED) is 0.866. The molecule has 0 aliphatic heterocycles. The lowest BCUT2D eigenvalue weighted by Crippen LogP contribution is -1.95. The normalized spacial score (nSPS) is 11.6. The molecule has 1 aliphatic rings. The number of rotatable bonds is 1. The zero-order valence-corrected chi connectivity index (χ0v) is 11.4. The SMILES string of the molecule is O=C(O)c1ccccc1Br.c1cc2cc(c1)CC2. The molecule has 18 heavy (non-hydrogen) atoms. The van der Waals surface area contributed by atoms with Crippen LogP contribution in [0.4, 0.5) is 0 Å². The zero-order valence-electron chi connectivity index (χ0n) is 9.77. The van der Waals surface area contributed by atoms with E-state index < -0.39 is 5.97 Å². The molecular weight excluding hydrogens is 292 g/mol. The van der Waals surface area contributed by atoms with Crippen molar-refractivity contribution >= 4 is 21.9 Å². The van der Waals surface area contributed by atoms with Crippen molar-refractivity contribution in [3.05, 3.63) is 69.7 Å². The first kappa shape index (κ1) is 12.8. The third kappa shape index (κ3) is 3.20. The lowest BCUT2D eigenvalue weighted by molar-refractivity contribution is 0.0696. The Bertz CT molecular complexity index is 545. The predicted molar refractivity (Wildman–Crippen MR) is 75.0 cm³/mol. The number of carbonyl (C=O) groups is 1. The van der Waals surface area contributed by atoms with Gasteiger partial charge in [0.15, 0.2) is 0 Å². The Kier molecular flexibility index (Phi) is 4.15. The third-order valence-corrected chi connectivity index (χ3v) is 3.49. The first-order chi connectivity index (χ1) is 8.66. The van der Waals surface area contributed by atoms with E-state index in [4.69, 9.17) is 5.11 Å². The van der Waals surface area contributed by atoms with Gasteiger partial charge >= 0.3 is 5.97 Å². The van der Waals surface area contributed by atoms with Crippen molar-refractivity contribution in [2.24, 2.45) is 0 Å². The third-order valence-electron chi connectivity index (χ3n) is 2.80. The van der Waals surface area contributed by atoms with Gasteiger partial charge in [0, 0.05) is 4.47 Å². The summed E-state index contributed by atoms with van der Waals surface area (Å²) < 4.78 is 0.613. The van der Waals surface area contributed by atoms with Gasteiger partial charge in [-0.2, -0.15) is 0 Å². The standard InChI is InChI=1S/C8H8.C7H5BrO2/c1-2-7-4-5-8(3-1)6-7;8-6-4-2-1-3-5(6)7(9)10/h1-3,6H,4-5H2;1-4H,(H,9,10). The van der Waals surface area contributed by atoms with Crippen LogP contribution in [-0.4, -0.2) is 11.1 Å². The van der Waals surface area contributed by atoms with Crippen LogP contribution in [-0.2, 0) is 12.8 Å². The highest BCUT2D eigenvalue weighted by molar-refractivity contribution is 9.10. The van der Waals surface area contributed by atoms with Gasteiger partial charge in [-0.1, -0.05) is 36.4 Å². The van der Waals surface area contributed by atoms with Gasteiger partial charge in [0.2, 0.25) is 0 Å². The Labute approximate surface area is 114 Å². The summed E-state index contributed by atoms with van der Waals surface area (Å²) in [5.74, 6) is -0.910. The maximum absolute atomic E-state index is 10.4. The molecular formula is C15H13BrO2. The van der Waals surface area contributed by atoms with Crippen LogP contribution in [0.25, 0.3) is 0 Å². The minimum Gasteiger partial charge on any atom is -0.478 e. The van der Waals surface area contributed by atoms with E-state index in [2.05, 4.69) is 40.2 Å². The molecule has 0 heterocycles. The van der Waals surface area contributed by atoms with Crippen molar-refractivity contribution in [1.29, 1.82) is 0 Å². The lowest BCUT2D eigenvalue weighted by Gasteiger charge is -1.94. The molecule has 92 valence electrons. The number of aryl methyl sites for hydroxylation is 2. The summed E-state index contributed by atoms with van der Waals surface area (Å²) in [6, 6.07) is 15.5. The van der Waals surface area contributed by atoms with Crippen molar-refractivity contribution in [3.8, 4) is 0 Å². The van der Waals surface area contributed by atoms with E-state index in [1.807, 2.05) is 0 Å². The second-order valence-corrected chi connectivity index (χ2v) is 4.96. The van der Waals surface area contributed by atoms with Crippen LogP contribution in [0.1, 0.15) is 21.5 Å². The van der Waals surface area contributed by atoms with Gasteiger partial charge in [-0.25, -0.2) is 4.79 Å². The second kappa shape index (κ2) is 5.83. The topological polar surface area (TPSA) is 37.3 Å². The molecule has 1 N–H and O–H groups in total. The molecule has 0 fully saturated rings. The van der Waals surface area contributed by atoms with Crippen LogP contribution in [0.15, 0.2) is 53.0 Å². The minimum atomic E-state index is -0.910. The first-order valence-electron chi connectivity index (χ1n) is 5.72. The summed E-state index contributed by atoms with van der Waals surface area (Å²) in [5, 5.41) is 8.54. The van der Waals surface area contributed by atoms with Gasteiger partial charge in [-0.15, -0.1) is 0 Å². The molecule has 0 unspecified atom stereocenters. The maximum Gasteiger partial charge on any atom is 0.336 e. The van der Waals surface area contributed by atoms with E-state index in [0.29, 0.717) is 10.0 Å². The highest BCUT2D eigenvalue weighted by Gasteiger charge is 2.04. The minimum absolute atomic E-state index is 0.294. The summed E-state index contributed by atoms with van der Waals surface area (Å²) in [6.07, 6.45) is 2.53. The molecule has 2 aromatic carbocycles. The van der Waals surface area contributed by atoms with Crippen molar-refractivity contribution in [1.82, 2.24) is 0 Å². The fourth-order valence-electron chi connectivity index (χ4n) is 1.86. The number of aromatic carboxylic acids is 1. The molecule has 2 aromatic rings. The Balaban J connectivity index is 0.000000136. The second-order valence-electron chi connectivity index (χ2n) is 4.10. The Morgan fingerprint density at radius 1 is 1.00 bits per heavy atom. The smallest absolute Gasteiger partial charge is 0.336 e. The number of fused-ring (bicyclic) bond motifs is 2. The highest BCUT2D eigenvalue weighted by Crippen LogP contribution is 2.16. The molecule has 3 heteroatoms. The van der Waals surface area contributed by atoms with Gasteiger partial charge < -0.3 is 5.11 Å². The molecule has 0 spiro atoms. The van der Waals surface area contributed by atoms with Gasteiger partial charge in [0.1, 0.15) is 0 Å². The lowest BCUT2D eigenvalue weighted by atomic mass is 10.2. The molecule has 0 atom stereocenters. The van der Waals surface area contributed by atoms with Crippen LogP contribution in [0.2, 0.25) is 0 Å². The predicted octanol–water partition coefficient (Wildman–Crippen LogP) is 3.93. The van der Waals surface area contributed by atoms with Crippen LogP contribution >= 0.6 is 15.9 Å². The van der Waals surface area contributed by atoms with Crippen molar-refractivity contribution in [2.45, 2.75) is 12.8 Å². The fraction of sp³-hybridized carbons (Fsp3) is 0.133. The zero-order chi connectivity index (χ0) is 13.0. The van der Waals surface area contributed by atoms with Gasteiger partial charge in [-0.05, 0) is 52.0 Å². The molecule has 1 aliphatic carbocycles. The molecule has 2 nitrogen and oxygen atoms in total. The van der Waals surface area contributed by atoms with Gasteiger partial charge in [0.05, 0.1) is 5.56 Å². The van der Waals surface area contributed by atoms with E-state index in [0.717, 1.165) is 0 Å². The molecule has 2 bridgehead atoms. The summed E-state index contributed by atoms with van der Waals surface area (Å²) in [7, 11) is 0. The monoisotopic (exact) mass is 304 g/mol. The van der Waals surface area contributed by atoms with Crippen molar-refractivity contribution in [2.75, 3.05) is 0 Å². The Hall–Kier alpha value is -1.61. The van der Waals surface area contributed by atoms with Crippen LogP contribution in [0, 0.1) is 0 Å². The molecule has 0 aromatic heterocycles. The van der Waals surface area contributed by atoms with E-state index in [9.17, 15) is 4.79 Å². The average molecular weight is 305 g/mol. The number of hydrogen-bond acceptors (Lipinski definition) is 1. The summed E-state index contributed by atoms with van der Waals surface area (Å²) in [6.45, 7) is 0. The molecule has 0 amide bonds. The van der Waals surface area contributed by atoms with E-state index in [1.165, 1.54) is 24.0 Å². The van der Waals surface area contributed by atoms with E-state index in [1.54, 1.807) is 24.3 Å². The Morgan fingerprint density at radius 2 is 1.61 bits per heavy atom. The van der Waals surface area contributed by atoms with E-state index >= 15 is 0 Å². The van der Waals surface area contributed by atoms with Crippen molar-refractivity contribution in [3.63, 3.8) is 0 Å². The number of carboxylic acids is 1. The van der Waals surface area contributed by atoms with Crippen LogP contribution in [0.3, 0.4) is 0 Å². The number of carboxylic acid groups (broad SMARTS) is 1. The largest absolute Gasteiger partial charge is 0.478 e. The summed E-state index contributed by atoms with van der Waals surface area (Å²) >= 11 is 3.12. The van der Waals surface area contributed by atoms with Crippen molar-refractivity contribution < 1.29 is 9.90 Å². The fourth-order valence-corrected chi connectivity index (χ4v) is 2.32. The summed E-state index contributed by atoms with van der Waals surface area (Å²) in [4.78, 5) is 10.4. The number of benzene rings is 2. The summed E-state index contributed by atoms with van der Waals surface area (Å²) in [5.41, 5.74) is 3.30. The highest BCUT2D eigenvalue weighted by atomic mass is 79.9. The first-order valence-corrected chi connectivity index (χ1v) is 6.52. The molecule has 0 saturated heterocycles. The molecule has 0 saturated carbocycles. The van der Waals surface area contributed by atoms with E-state index in [-0.39, 0.29) is 0 Å². The average Bonchev–Trinajstić information content (AvgIpc) is 2.69. The van der Waals surface area contributed by atoms with Crippen LogP contribution in [0.5, 0.6) is 0 Å². The van der Waals surface area contributed by atoms with Gasteiger partial charge in [0.25, 0.3) is 0 Å². The number of hydrogen-bond donors (Lipinski definition) is 1.